The van der Waals surface area contributed by atoms with Crippen LogP contribution in [-0.2, 0) is 25.5 Å². The molecule has 1 atom stereocenters. The fourth-order valence-corrected chi connectivity index (χ4v) is 5.38. The van der Waals surface area contributed by atoms with Gasteiger partial charge in [0.1, 0.15) is 24.8 Å². The summed E-state index contributed by atoms with van der Waals surface area (Å²) in [5, 5.41) is 3.18. The lowest BCUT2D eigenvalue weighted by Gasteiger charge is -2.30. The average molecular weight is 616 g/mol. The van der Waals surface area contributed by atoms with Crippen LogP contribution in [0.4, 0.5) is 0 Å². The molecule has 2 heterocycles. The van der Waals surface area contributed by atoms with Gasteiger partial charge < -0.3 is 24.5 Å². The Hall–Kier alpha value is -5.63. The van der Waals surface area contributed by atoms with E-state index >= 15 is 0 Å². The molecule has 1 aliphatic heterocycles. The third kappa shape index (κ3) is 8.09. The lowest BCUT2D eigenvalue weighted by atomic mass is 9.80. The Bertz CT molecular complexity index is 1770. The number of nitrogens with one attached hydrogen (secondary N) is 2. The van der Waals surface area contributed by atoms with Crippen molar-refractivity contribution in [2.75, 3.05) is 20.3 Å². The number of dihydropyridines is 1. The van der Waals surface area contributed by atoms with Gasteiger partial charge in [0.2, 0.25) is 0 Å². The highest BCUT2D eigenvalue weighted by molar-refractivity contribution is 6.00. The molecule has 1 unspecified atom stereocenters. The van der Waals surface area contributed by atoms with Gasteiger partial charge in [-0.3, -0.25) is 0 Å². The number of rotatable bonds is 12. The molecule has 0 saturated heterocycles. The minimum Gasteiger partial charge on any atom is -0.490 e. The van der Waals surface area contributed by atoms with Gasteiger partial charge in [0, 0.05) is 30.2 Å². The number of hydrogen-bond donors (Lipinski definition) is 2. The summed E-state index contributed by atoms with van der Waals surface area (Å²) in [6, 6.07) is 25.5. The summed E-state index contributed by atoms with van der Waals surface area (Å²) in [5.41, 5.74) is 5.80. The van der Waals surface area contributed by atoms with E-state index in [-0.39, 0.29) is 6.61 Å². The van der Waals surface area contributed by atoms with E-state index in [1.54, 1.807) is 26.1 Å². The summed E-state index contributed by atoms with van der Waals surface area (Å²) >= 11 is 0. The molecule has 46 heavy (non-hydrogen) atoms. The number of methoxy groups -OCH3 is 1. The monoisotopic (exact) mass is 615 g/mol. The van der Waals surface area contributed by atoms with Gasteiger partial charge in [-0.2, -0.15) is 0 Å². The van der Waals surface area contributed by atoms with Crippen molar-refractivity contribution in [1.29, 1.82) is 0 Å². The first kappa shape index (κ1) is 31.8. The van der Waals surface area contributed by atoms with Crippen molar-refractivity contribution >= 4 is 24.1 Å². The Morgan fingerprint density at radius 3 is 2.22 bits per heavy atom. The molecule has 1 aromatic heterocycles. The second-order valence-corrected chi connectivity index (χ2v) is 10.8. The van der Waals surface area contributed by atoms with Gasteiger partial charge in [-0.05, 0) is 60.4 Å². The van der Waals surface area contributed by atoms with E-state index in [0.29, 0.717) is 40.5 Å². The molecule has 0 radical (unpaired) electrons. The summed E-state index contributed by atoms with van der Waals surface area (Å²) in [6.45, 7) is 4.01. The molecule has 3 aromatic carbocycles. The fourth-order valence-electron chi connectivity index (χ4n) is 5.38. The number of benzene rings is 3. The van der Waals surface area contributed by atoms with E-state index in [4.69, 9.17) is 14.2 Å². The average Bonchev–Trinajstić information content (AvgIpc) is 3.59. The maximum Gasteiger partial charge on any atom is 0.337 e. The summed E-state index contributed by atoms with van der Waals surface area (Å²) in [5.74, 6) is -0.250. The van der Waals surface area contributed by atoms with Gasteiger partial charge >= 0.3 is 11.9 Å². The molecule has 0 bridgehead atoms. The molecule has 0 saturated carbocycles. The first-order valence-corrected chi connectivity index (χ1v) is 15.0. The van der Waals surface area contributed by atoms with Crippen molar-refractivity contribution < 1.29 is 23.8 Å². The lowest BCUT2D eigenvalue weighted by molar-refractivity contribution is -0.138. The molecular formula is C38H37N3O5. The molecule has 0 fully saturated rings. The number of carbonyl (C=O) groups excluding carboxylic acids is 2. The zero-order valence-corrected chi connectivity index (χ0v) is 26.2. The smallest absolute Gasteiger partial charge is 0.337 e. The number of esters is 2. The molecule has 5 rings (SSSR count). The second-order valence-electron chi connectivity index (χ2n) is 10.8. The highest BCUT2D eigenvalue weighted by Crippen LogP contribution is 2.40. The number of H-pyrrole nitrogens is 1. The van der Waals surface area contributed by atoms with Gasteiger partial charge in [0.15, 0.2) is 0 Å². The number of hydrogen-bond acceptors (Lipinski definition) is 7. The SMILES string of the molecule is COC(=O)C1=C(C)NC(C)=C(C(=O)OCC=Cc2ccc(Cc3ncc[nH]3)cc2)C1c1cccc(OCC=Cc2ccccc2)c1. The number of aromatic nitrogens is 2. The maximum atomic E-state index is 13.6. The molecule has 8 nitrogen and oxygen atoms in total. The van der Waals surface area contributed by atoms with Crippen molar-refractivity contribution in [3.8, 4) is 5.75 Å². The van der Waals surface area contributed by atoms with Gasteiger partial charge in [0.25, 0.3) is 0 Å². The van der Waals surface area contributed by atoms with Crippen molar-refractivity contribution in [2.24, 2.45) is 0 Å². The van der Waals surface area contributed by atoms with Crippen LogP contribution in [0.3, 0.4) is 0 Å². The maximum absolute atomic E-state index is 13.6. The van der Waals surface area contributed by atoms with Crippen molar-refractivity contribution in [3.05, 3.63) is 154 Å². The molecule has 0 aliphatic carbocycles. The Morgan fingerprint density at radius 1 is 0.826 bits per heavy atom. The Labute approximate surface area is 269 Å². The molecule has 8 heteroatoms. The number of nitrogens with zero attached hydrogens (tertiary/aromatic N) is 1. The highest BCUT2D eigenvalue weighted by Gasteiger charge is 2.37. The summed E-state index contributed by atoms with van der Waals surface area (Å²) in [4.78, 5) is 34.0. The summed E-state index contributed by atoms with van der Waals surface area (Å²) in [7, 11) is 1.33. The zero-order chi connectivity index (χ0) is 32.3. The van der Waals surface area contributed by atoms with Crippen LogP contribution >= 0.6 is 0 Å². The predicted octanol–water partition coefficient (Wildman–Crippen LogP) is 6.76. The van der Waals surface area contributed by atoms with E-state index in [0.717, 1.165) is 28.9 Å². The Kier molecular flexibility index (Phi) is 10.6. The second kappa shape index (κ2) is 15.4. The zero-order valence-electron chi connectivity index (χ0n) is 26.2. The predicted molar refractivity (Wildman–Crippen MR) is 179 cm³/mol. The van der Waals surface area contributed by atoms with Crippen LogP contribution in [0.25, 0.3) is 12.2 Å². The van der Waals surface area contributed by atoms with E-state index in [1.807, 2.05) is 103 Å². The van der Waals surface area contributed by atoms with Crippen LogP contribution in [0.1, 0.15) is 47.8 Å². The summed E-state index contributed by atoms with van der Waals surface area (Å²) < 4.78 is 16.9. The van der Waals surface area contributed by atoms with E-state index in [9.17, 15) is 9.59 Å². The van der Waals surface area contributed by atoms with Crippen LogP contribution in [0.15, 0.2) is 126 Å². The molecule has 2 N–H and O–H groups in total. The normalized spacial score (nSPS) is 14.9. The van der Waals surface area contributed by atoms with Crippen LogP contribution in [-0.4, -0.2) is 42.2 Å². The van der Waals surface area contributed by atoms with E-state index in [2.05, 4.69) is 15.3 Å². The quantitative estimate of drug-likeness (QED) is 0.170. The number of ether oxygens (including phenoxy) is 3. The standard InChI is InChI=1S/C38H37N3O5/c1-26-34(37(42)44-3)36(31-14-7-15-32(25-31)45-22-8-12-28-10-5-4-6-11-28)35(27(2)41-26)38(43)46-23-9-13-29-16-18-30(19-17-29)24-33-39-20-21-40-33/h4-21,25,36,41H,22-24H2,1-3H3,(H,39,40). The van der Waals surface area contributed by atoms with E-state index in [1.165, 1.54) is 7.11 Å². The van der Waals surface area contributed by atoms with Crippen molar-refractivity contribution in [1.82, 2.24) is 15.3 Å². The molecule has 0 spiro atoms. The number of carbonyl (C=O) groups is 2. The number of aromatic amines is 1. The fraction of sp³-hybridized carbons (Fsp3) is 0.184. The minimum absolute atomic E-state index is 0.0592. The molecule has 0 amide bonds. The summed E-state index contributed by atoms with van der Waals surface area (Å²) in [6.07, 6.45) is 11.9. The number of imidazole rings is 1. The molecular weight excluding hydrogens is 578 g/mol. The Morgan fingerprint density at radius 2 is 1.52 bits per heavy atom. The Balaban J connectivity index is 1.29. The third-order valence-corrected chi connectivity index (χ3v) is 7.56. The molecule has 4 aromatic rings. The van der Waals surface area contributed by atoms with Gasteiger partial charge in [0.05, 0.1) is 24.2 Å². The van der Waals surface area contributed by atoms with Crippen LogP contribution < -0.4 is 10.1 Å². The third-order valence-electron chi connectivity index (χ3n) is 7.56. The molecule has 1 aliphatic rings. The largest absolute Gasteiger partial charge is 0.490 e. The van der Waals surface area contributed by atoms with Gasteiger partial charge in [-0.25, -0.2) is 14.6 Å². The first-order valence-electron chi connectivity index (χ1n) is 15.0. The van der Waals surface area contributed by atoms with Gasteiger partial charge in [-0.15, -0.1) is 0 Å². The lowest BCUT2D eigenvalue weighted by Crippen LogP contribution is -2.32. The van der Waals surface area contributed by atoms with E-state index < -0.39 is 17.9 Å². The number of allylic oxidation sites excluding steroid dienone is 2. The highest BCUT2D eigenvalue weighted by atomic mass is 16.5. The van der Waals surface area contributed by atoms with Gasteiger partial charge in [-0.1, -0.05) is 78.9 Å². The minimum atomic E-state index is -0.713. The van der Waals surface area contributed by atoms with Crippen molar-refractivity contribution in [2.45, 2.75) is 26.2 Å². The van der Waals surface area contributed by atoms with Crippen LogP contribution in [0, 0.1) is 0 Å². The molecule has 234 valence electrons. The van der Waals surface area contributed by atoms with Crippen LogP contribution in [0.2, 0.25) is 0 Å². The first-order chi connectivity index (χ1) is 22.4. The van der Waals surface area contributed by atoms with Crippen molar-refractivity contribution in [3.63, 3.8) is 0 Å². The topological polar surface area (TPSA) is 103 Å². The van der Waals surface area contributed by atoms with Crippen LogP contribution in [0.5, 0.6) is 5.75 Å².